The van der Waals surface area contributed by atoms with Crippen molar-refractivity contribution in [3.63, 3.8) is 0 Å². The van der Waals surface area contributed by atoms with E-state index in [2.05, 4.69) is 0 Å². The topological polar surface area (TPSA) is 43.1 Å². The highest BCUT2D eigenvalue weighted by Crippen LogP contribution is 2.16. The number of Topliss-reactive ketones (excluding diaryl/α,β-unsaturated/α-hetero) is 1. The Labute approximate surface area is 84.9 Å². The van der Waals surface area contributed by atoms with Gasteiger partial charge in [0, 0.05) is 18.5 Å². The van der Waals surface area contributed by atoms with Crippen LogP contribution in [0.25, 0.3) is 0 Å². The fourth-order valence-corrected chi connectivity index (χ4v) is 1.08. The fourth-order valence-electron chi connectivity index (χ4n) is 1.08. The minimum Gasteiger partial charge on any atom is -0.330 e. The standard InChI is InChI=1S/C10H10F3NO/c1-5(4-14)10(15)6-2-8(12)9(13)3-7(6)11/h2-3,5H,4,14H2,1H3. The predicted molar refractivity (Wildman–Crippen MR) is 48.9 cm³/mol. The Morgan fingerprint density at radius 1 is 1.27 bits per heavy atom. The van der Waals surface area contributed by atoms with Crippen LogP contribution in [0.4, 0.5) is 13.2 Å². The first-order valence-electron chi connectivity index (χ1n) is 4.36. The lowest BCUT2D eigenvalue weighted by Crippen LogP contribution is -2.21. The zero-order valence-corrected chi connectivity index (χ0v) is 8.06. The highest BCUT2D eigenvalue weighted by atomic mass is 19.2. The van der Waals surface area contributed by atoms with E-state index in [0.717, 1.165) is 0 Å². The average molecular weight is 217 g/mol. The molecule has 2 nitrogen and oxygen atoms in total. The maximum atomic E-state index is 13.1. The molecule has 5 heteroatoms. The fraction of sp³-hybridized carbons (Fsp3) is 0.300. The Bertz CT molecular complexity index is 392. The van der Waals surface area contributed by atoms with E-state index >= 15 is 0 Å². The van der Waals surface area contributed by atoms with E-state index < -0.39 is 34.7 Å². The van der Waals surface area contributed by atoms with Crippen molar-refractivity contribution in [3.05, 3.63) is 35.1 Å². The molecule has 0 aliphatic heterocycles. The summed E-state index contributed by atoms with van der Waals surface area (Å²) < 4.78 is 38.4. The van der Waals surface area contributed by atoms with Crippen LogP contribution in [0, 0.1) is 23.4 Å². The van der Waals surface area contributed by atoms with Crippen LogP contribution in [0.2, 0.25) is 0 Å². The van der Waals surface area contributed by atoms with Crippen LogP contribution in [0.15, 0.2) is 12.1 Å². The Kier molecular flexibility index (Phi) is 3.47. The van der Waals surface area contributed by atoms with Crippen LogP contribution in [0.3, 0.4) is 0 Å². The van der Waals surface area contributed by atoms with Gasteiger partial charge in [-0.1, -0.05) is 6.92 Å². The second-order valence-electron chi connectivity index (χ2n) is 3.25. The van der Waals surface area contributed by atoms with Gasteiger partial charge < -0.3 is 5.73 Å². The number of carbonyl (C=O) groups is 1. The van der Waals surface area contributed by atoms with Gasteiger partial charge in [-0.25, -0.2) is 13.2 Å². The quantitative estimate of drug-likeness (QED) is 0.620. The lowest BCUT2D eigenvalue weighted by molar-refractivity contribution is 0.0929. The largest absolute Gasteiger partial charge is 0.330 e. The van der Waals surface area contributed by atoms with E-state index in [9.17, 15) is 18.0 Å². The van der Waals surface area contributed by atoms with Crippen LogP contribution < -0.4 is 5.73 Å². The number of benzene rings is 1. The third kappa shape index (κ3) is 2.36. The molecule has 0 radical (unpaired) electrons. The number of hydrogen-bond acceptors (Lipinski definition) is 2. The third-order valence-corrected chi connectivity index (χ3v) is 2.08. The second kappa shape index (κ2) is 4.44. The zero-order chi connectivity index (χ0) is 11.6. The molecule has 82 valence electrons. The molecule has 1 atom stereocenters. The van der Waals surface area contributed by atoms with Crippen molar-refractivity contribution < 1.29 is 18.0 Å². The highest BCUT2D eigenvalue weighted by molar-refractivity contribution is 5.98. The molecule has 0 aromatic heterocycles. The minimum atomic E-state index is -1.32. The minimum absolute atomic E-state index is 0.0251. The van der Waals surface area contributed by atoms with Crippen LogP contribution in [0.5, 0.6) is 0 Å². The van der Waals surface area contributed by atoms with Crippen molar-refractivity contribution in [2.75, 3.05) is 6.54 Å². The normalized spacial score (nSPS) is 12.6. The monoisotopic (exact) mass is 217 g/mol. The predicted octanol–water partition coefficient (Wildman–Crippen LogP) is 1.88. The Morgan fingerprint density at radius 3 is 2.33 bits per heavy atom. The van der Waals surface area contributed by atoms with Crippen molar-refractivity contribution in [1.82, 2.24) is 0 Å². The molecule has 0 heterocycles. The molecule has 0 amide bonds. The molecule has 1 unspecified atom stereocenters. The van der Waals surface area contributed by atoms with E-state index in [1.165, 1.54) is 6.92 Å². The third-order valence-electron chi connectivity index (χ3n) is 2.08. The summed E-state index contributed by atoms with van der Waals surface area (Å²) in [6, 6.07) is 0.908. The van der Waals surface area contributed by atoms with Crippen molar-refractivity contribution in [2.24, 2.45) is 11.7 Å². The van der Waals surface area contributed by atoms with E-state index in [0.29, 0.717) is 12.1 Å². The van der Waals surface area contributed by atoms with Gasteiger partial charge in [0.1, 0.15) is 5.82 Å². The summed E-state index contributed by atoms with van der Waals surface area (Å²) in [6.07, 6.45) is 0. The molecule has 0 aliphatic carbocycles. The molecule has 0 fully saturated rings. The molecule has 1 rings (SSSR count). The first kappa shape index (κ1) is 11.7. The van der Waals surface area contributed by atoms with Crippen molar-refractivity contribution >= 4 is 5.78 Å². The number of rotatable bonds is 3. The number of nitrogens with two attached hydrogens (primary N) is 1. The van der Waals surface area contributed by atoms with Gasteiger partial charge in [-0.2, -0.15) is 0 Å². The van der Waals surface area contributed by atoms with Crippen LogP contribution in [0.1, 0.15) is 17.3 Å². The van der Waals surface area contributed by atoms with E-state index in [1.54, 1.807) is 0 Å². The van der Waals surface area contributed by atoms with Crippen molar-refractivity contribution in [1.29, 1.82) is 0 Å². The van der Waals surface area contributed by atoms with Gasteiger partial charge >= 0.3 is 0 Å². The molecule has 0 aliphatic rings. The lowest BCUT2D eigenvalue weighted by atomic mass is 9.99. The Hall–Kier alpha value is -1.36. The lowest BCUT2D eigenvalue weighted by Gasteiger charge is -2.08. The van der Waals surface area contributed by atoms with Crippen LogP contribution in [-0.2, 0) is 0 Å². The maximum Gasteiger partial charge on any atom is 0.169 e. The van der Waals surface area contributed by atoms with Gasteiger partial charge in [-0.05, 0) is 6.07 Å². The van der Waals surface area contributed by atoms with Gasteiger partial charge in [-0.15, -0.1) is 0 Å². The van der Waals surface area contributed by atoms with E-state index in [1.807, 2.05) is 0 Å². The summed E-state index contributed by atoms with van der Waals surface area (Å²) in [5, 5.41) is 0. The Balaban J connectivity index is 3.15. The van der Waals surface area contributed by atoms with Gasteiger partial charge in [0.05, 0.1) is 5.56 Å². The van der Waals surface area contributed by atoms with Gasteiger partial charge in [0.25, 0.3) is 0 Å². The maximum absolute atomic E-state index is 13.1. The summed E-state index contributed by atoms with van der Waals surface area (Å²) in [5.41, 5.74) is 4.75. The summed E-state index contributed by atoms with van der Waals surface area (Å²) in [4.78, 5) is 11.5. The SMILES string of the molecule is CC(CN)C(=O)c1cc(F)c(F)cc1F. The number of carbonyl (C=O) groups excluding carboxylic acids is 1. The zero-order valence-electron chi connectivity index (χ0n) is 8.06. The molecule has 0 saturated carbocycles. The number of halogens is 3. The molecule has 0 bridgehead atoms. The summed E-state index contributed by atoms with van der Waals surface area (Å²) in [6.45, 7) is 1.51. The van der Waals surface area contributed by atoms with Crippen LogP contribution >= 0.6 is 0 Å². The average Bonchev–Trinajstić information content (AvgIpc) is 2.21. The van der Waals surface area contributed by atoms with Crippen LogP contribution in [-0.4, -0.2) is 12.3 Å². The highest BCUT2D eigenvalue weighted by Gasteiger charge is 2.20. The second-order valence-corrected chi connectivity index (χ2v) is 3.25. The smallest absolute Gasteiger partial charge is 0.169 e. The summed E-state index contributed by atoms with van der Waals surface area (Å²) >= 11 is 0. The first-order chi connectivity index (χ1) is 6.97. The van der Waals surface area contributed by atoms with E-state index in [4.69, 9.17) is 5.73 Å². The molecule has 0 spiro atoms. The van der Waals surface area contributed by atoms with Crippen molar-refractivity contribution in [3.8, 4) is 0 Å². The molecule has 1 aromatic carbocycles. The van der Waals surface area contributed by atoms with Gasteiger partial charge in [0.2, 0.25) is 0 Å². The van der Waals surface area contributed by atoms with Gasteiger partial charge in [0.15, 0.2) is 17.4 Å². The van der Waals surface area contributed by atoms with Crippen molar-refractivity contribution in [2.45, 2.75) is 6.92 Å². The summed E-state index contributed by atoms with van der Waals surface area (Å²) in [7, 11) is 0. The summed E-state index contributed by atoms with van der Waals surface area (Å²) in [5.74, 6) is -4.88. The van der Waals surface area contributed by atoms with Gasteiger partial charge in [-0.3, -0.25) is 4.79 Å². The molecule has 1 aromatic rings. The molecule has 2 N–H and O–H groups in total. The molecular weight excluding hydrogens is 207 g/mol. The first-order valence-corrected chi connectivity index (χ1v) is 4.36. The number of ketones is 1. The Morgan fingerprint density at radius 2 is 1.80 bits per heavy atom. The molecular formula is C10H10F3NO. The number of hydrogen-bond donors (Lipinski definition) is 1. The molecule has 15 heavy (non-hydrogen) atoms. The van der Waals surface area contributed by atoms with E-state index in [-0.39, 0.29) is 6.54 Å². The molecule has 0 saturated heterocycles.